The average molecular weight is 290 g/mol. The molecule has 2 aromatic rings. The van der Waals surface area contributed by atoms with Gasteiger partial charge in [0.2, 0.25) is 0 Å². The molecule has 1 aliphatic heterocycles. The van der Waals surface area contributed by atoms with Crippen molar-refractivity contribution in [1.82, 2.24) is 15.0 Å². The van der Waals surface area contributed by atoms with Crippen LogP contribution in [0.15, 0.2) is 29.1 Å². The Bertz CT molecular complexity index is 610. The Labute approximate surface area is 120 Å². The van der Waals surface area contributed by atoms with Crippen molar-refractivity contribution in [3.05, 3.63) is 30.4 Å². The molecule has 1 saturated heterocycles. The minimum absolute atomic E-state index is 0.0228. The van der Waals surface area contributed by atoms with Crippen LogP contribution >= 0.6 is 0 Å². The third kappa shape index (κ3) is 2.93. The molecule has 0 bridgehead atoms. The van der Waals surface area contributed by atoms with E-state index >= 15 is 0 Å². The average Bonchev–Trinajstić information content (AvgIpc) is 2.93. The summed E-state index contributed by atoms with van der Waals surface area (Å²) < 4.78 is 15.7. The summed E-state index contributed by atoms with van der Waals surface area (Å²) in [7, 11) is 0. The molecule has 0 aliphatic carbocycles. The van der Waals surface area contributed by atoms with Crippen LogP contribution in [0.1, 0.15) is 17.4 Å². The van der Waals surface area contributed by atoms with E-state index in [1.807, 2.05) is 4.90 Å². The summed E-state index contributed by atoms with van der Waals surface area (Å²) in [5, 5.41) is 0. The van der Waals surface area contributed by atoms with Gasteiger partial charge in [0.05, 0.1) is 19.7 Å². The Kier molecular flexibility index (Phi) is 3.67. The van der Waals surface area contributed by atoms with E-state index in [2.05, 4.69) is 15.0 Å². The van der Waals surface area contributed by atoms with Crippen molar-refractivity contribution in [3.8, 4) is 6.01 Å². The van der Waals surface area contributed by atoms with Gasteiger partial charge in [-0.2, -0.15) is 4.98 Å². The molecule has 1 aliphatic rings. The Balaban J connectivity index is 1.53. The van der Waals surface area contributed by atoms with E-state index in [0.717, 1.165) is 0 Å². The highest BCUT2D eigenvalue weighted by Crippen LogP contribution is 2.22. The zero-order chi connectivity index (χ0) is 14.7. The number of aromatic nitrogens is 3. The molecule has 8 heteroatoms. The summed E-state index contributed by atoms with van der Waals surface area (Å²) in [5.74, 6) is -0.487. The van der Waals surface area contributed by atoms with E-state index in [9.17, 15) is 4.79 Å². The lowest BCUT2D eigenvalue weighted by atomic mass is 10.2. The monoisotopic (exact) mass is 290 g/mol. The number of hydrogen-bond acceptors (Lipinski definition) is 8. The minimum atomic E-state index is -0.487. The molecule has 2 aromatic heterocycles. The summed E-state index contributed by atoms with van der Waals surface area (Å²) in [4.78, 5) is 25.4. The lowest BCUT2D eigenvalue weighted by Gasteiger charge is -2.36. The number of oxazole rings is 1. The van der Waals surface area contributed by atoms with Gasteiger partial charge in [-0.05, 0) is 13.0 Å². The van der Waals surface area contributed by atoms with Crippen molar-refractivity contribution >= 4 is 12.0 Å². The van der Waals surface area contributed by atoms with Crippen LogP contribution in [0.25, 0.3) is 0 Å². The molecule has 0 atom stereocenters. The number of carbonyl (C=O) groups excluding carboxylic acids is 1. The van der Waals surface area contributed by atoms with Gasteiger partial charge >= 0.3 is 12.0 Å². The van der Waals surface area contributed by atoms with Crippen LogP contribution in [0.5, 0.6) is 6.01 Å². The zero-order valence-electron chi connectivity index (χ0n) is 11.4. The molecular weight excluding hydrogens is 276 g/mol. The molecule has 3 heterocycles. The van der Waals surface area contributed by atoms with Crippen molar-refractivity contribution in [2.45, 2.75) is 13.0 Å². The first-order valence-electron chi connectivity index (χ1n) is 6.57. The highest BCUT2D eigenvalue weighted by molar-refractivity contribution is 5.87. The van der Waals surface area contributed by atoms with Gasteiger partial charge < -0.3 is 18.8 Å². The second kappa shape index (κ2) is 5.78. The van der Waals surface area contributed by atoms with E-state index in [0.29, 0.717) is 31.7 Å². The number of esters is 1. The number of nitrogens with zero attached hydrogens (tertiary/aromatic N) is 4. The first kappa shape index (κ1) is 13.3. The van der Waals surface area contributed by atoms with Gasteiger partial charge in [0.25, 0.3) is 6.01 Å². The van der Waals surface area contributed by atoms with Gasteiger partial charge in [0.15, 0.2) is 5.69 Å². The number of carbonyl (C=O) groups is 1. The fourth-order valence-corrected chi connectivity index (χ4v) is 1.87. The topological polar surface area (TPSA) is 90.6 Å². The van der Waals surface area contributed by atoms with Gasteiger partial charge in [0, 0.05) is 12.4 Å². The van der Waals surface area contributed by atoms with Gasteiger partial charge in [0.1, 0.15) is 12.4 Å². The molecule has 21 heavy (non-hydrogen) atoms. The summed E-state index contributed by atoms with van der Waals surface area (Å²) in [6, 6.07) is 2.46. The normalized spacial score (nSPS) is 14.6. The van der Waals surface area contributed by atoms with Crippen LogP contribution in [0.3, 0.4) is 0 Å². The molecule has 3 rings (SSSR count). The number of hydrogen-bond donors (Lipinski definition) is 0. The molecule has 0 unspecified atom stereocenters. The summed E-state index contributed by atoms with van der Waals surface area (Å²) in [6.07, 6.45) is 4.52. The fourth-order valence-electron chi connectivity index (χ4n) is 1.87. The summed E-state index contributed by atoms with van der Waals surface area (Å²) in [5.41, 5.74) is 0.169. The van der Waals surface area contributed by atoms with Crippen molar-refractivity contribution in [2.75, 3.05) is 24.6 Å². The highest BCUT2D eigenvalue weighted by Gasteiger charge is 2.32. The molecule has 0 saturated carbocycles. The number of ether oxygens (including phenoxy) is 2. The molecule has 0 radical (unpaired) electrons. The molecule has 0 amide bonds. The van der Waals surface area contributed by atoms with E-state index in [-0.39, 0.29) is 11.8 Å². The highest BCUT2D eigenvalue weighted by atomic mass is 16.5. The Morgan fingerprint density at radius 1 is 1.43 bits per heavy atom. The molecule has 0 N–H and O–H groups in total. The van der Waals surface area contributed by atoms with Crippen LogP contribution in [0, 0.1) is 0 Å². The second-order valence-corrected chi connectivity index (χ2v) is 4.41. The van der Waals surface area contributed by atoms with Crippen LogP contribution in [0.4, 0.5) is 6.01 Å². The SMILES string of the molecule is CCOC(=O)c1coc(N2CC(Oc3ncccn3)C2)n1. The van der Waals surface area contributed by atoms with Crippen LogP contribution in [-0.2, 0) is 4.74 Å². The fraction of sp³-hybridized carbons (Fsp3) is 0.385. The maximum Gasteiger partial charge on any atom is 0.360 e. The van der Waals surface area contributed by atoms with Gasteiger partial charge in [-0.1, -0.05) is 0 Å². The van der Waals surface area contributed by atoms with E-state index in [1.54, 1.807) is 25.4 Å². The standard InChI is InChI=1S/C13H14N4O4/c1-2-19-11(18)10-8-20-13(16-10)17-6-9(7-17)21-12-14-4-3-5-15-12/h3-5,8-9H,2,6-7H2,1H3. The molecule has 0 spiro atoms. The Morgan fingerprint density at radius 2 is 2.19 bits per heavy atom. The Hall–Kier alpha value is -2.64. The maximum absolute atomic E-state index is 11.5. The van der Waals surface area contributed by atoms with Gasteiger partial charge in [-0.25, -0.2) is 14.8 Å². The minimum Gasteiger partial charge on any atom is -0.461 e. The summed E-state index contributed by atoms with van der Waals surface area (Å²) >= 11 is 0. The molecule has 8 nitrogen and oxygen atoms in total. The third-order valence-electron chi connectivity index (χ3n) is 2.91. The van der Waals surface area contributed by atoms with Crippen molar-refractivity contribution in [2.24, 2.45) is 0 Å². The Morgan fingerprint density at radius 3 is 2.90 bits per heavy atom. The predicted octanol–water partition coefficient (Wildman–Crippen LogP) is 0.909. The van der Waals surface area contributed by atoms with Crippen molar-refractivity contribution < 1.29 is 18.7 Å². The van der Waals surface area contributed by atoms with Gasteiger partial charge in [-0.15, -0.1) is 0 Å². The molecule has 110 valence electrons. The summed E-state index contributed by atoms with van der Waals surface area (Å²) in [6.45, 7) is 3.24. The number of anilines is 1. The first-order chi connectivity index (χ1) is 10.3. The zero-order valence-corrected chi connectivity index (χ0v) is 11.4. The first-order valence-corrected chi connectivity index (χ1v) is 6.57. The largest absolute Gasteiger partial charge is 0.461 e. The van der Waals surface area contributed by atoms with E-state index in [1.165, 1.54) is 6.26 Å². The quantitative estimate of drug-likeness (QED) is 0.750. The maximum atomic E-state index is 11.5. The molecule has 1 fully saturated rings. The third-order valence-corrected chi connectivity index (χ3v) is 2.91. The van der Waals surface area contributed by atoms with Crippen LogP contribution in [-0.4, -0.2) is 46.7 Å². The predicted molar refractivity (Wildman–Crippen MR) is 71.1 cm³/mol. The van der Waals surface area contributed by atoms with Crippen molar-refractivity contribution in [3.63, 3.8) is 0 Å². The van der Waals surface area contributed by atoms with Crippen LogP contribution in [0.2, 0.25) is 0 Å². The second-order valence-electron chi connectivity index (χ2n) is 4.41. The van der Waals surface area contributed by atoms with E-state index < -0.39 is 5.97 Å². The van der Waals surface area contributed by atoms with Crippen LogP contribution < -0.4 is 9.64 Å². The van der Waals surface area contributed by atoms with E-state index in [4.69, 9.17) is 13.9 Å². The molecule has 0 aromatic carbocycles. The lowest BCUT2D eigenvalue weighted by Crippen LogP contribution is -2.54. The van der Waals surface area contributed by atoms with Gasteiger partial charge in [-0.3, -0.25) is 0 Å². The smallest absolute Gasteiger partial charge is 0.360 e. The number of rotatable bonds is 5. The van der Waals surface area contributed by atoms with Crippen molar-refractivity contribution in [1.29, 1.82) is 0 Å². The molecular formula is C13H14N4O4. The lowest BCUT2D eigenvalue weighted by molar-refractivity contribution is 0.0519.